The third kappa shape index (κ3) is 5.83. The molecule has 44 heavy (non-hydrogen) atoms. The van der Waals surface area contributed by atoms with E-state index in [9.17, 15) is 14.2 Å². The van der Waals surface area contributed by atoms with Gasteiger partial charge in [-0.1, -0.05) is 94.4 Å². The second-order valence-corrected chi connectivity index (χ2v) is 20.3. The molecule has 3 aromatic rings. The highest BCUT2D eigenvalue weighted by molar-refractivity contribution is 7.74. The Bertz CT molecular complexity index is 1540. The van der Waals surface area contributed by atoms with Gasteiger partial charge in [-0.3, -0.25) is 14.3 Å². The molecule has 0 radical (unpaired) electrons. The smallest absolute Gasteiger partial charge is 0.358 e. The average Bonchev–Trinajstić information content (AvgIpc) is 3.23. The number of benzene rings is 3. The van der Waals surface area contributed by atoms with Crippen molar-refractivity contribution in [1.82, 2.24) is 4.90 Å². The minimum atomic E-state index is -3.74. The maximum Gasteiger partial charge on any atom is 0.358 e. The van der Waals surface area contributed by atoms with Crippen LogP contribution >= 0.6 is 7.37 Å². The molecule has 9 heteroatoms. The van der Waals surface area contributed by atoms with E-state index in [0.717, 1.165) is 5.56 Å². The summed E-state index contributed by atoms with van der Waals surface area (Å²) >= 11 is 0. The maximum atomic E-state index is 15.0. The molecule has 2 heterocycles. The largest absolute Gasteiger partial charge is 0.456 e. The Kier molecular flexibility index (Phi) is 8.82. The molecule has 4 unspecified atom stereocenters. The topological polar surface area (TPSA) is 82.1 Å². The lowest BCUT2D eigenvalue weighted by atomic mass is 9.79. The van der Waals surface area contributed by atoms with E-state index >= 15 is 0 Å². The molecule has 0 N–H and O–H groups in total. The Labute approximate surface area is 261 Å². The standard InChI is InChI=1S/C35H42NO6PSi/c1-24-30-29(25(2)42-44(6,7)35(3,4)5)33(37)36(30)31(34(38)40-23-26-17-11-8-12-18-26)32(24)41-43(39,27-19-13-9-14-20-27)28-21-15-10-16-22-28/h8-22,24-25,29-30H,23H2,1-7H3. The molecule has 0 saturated carbocycles. The van der Waals surface area contributed by atoms with Crippen molar-refractivity contribution >= 4 is 38.2 Å². The molecule has 5 rings (SSSR count). The van der Waals surface area contributed by atoms with Crippen LogP contribution in [0.5, 0.6) is 0 Å². The number of fused-ring (bicyclic) bond motifs is 1. The highest BCUT2D eigenvalue weighted by Crippen LogP contribution is 2.55. The van der Waals surface area contributed by atoms with Crippen LogP contribution in [-0.2, 0) is 34.4 Å². The number of ether oxygens (including phenoxy) is 1. The number of nitrogens with zero attached hydrogens (tertiary/aromatic N) is 1. The van der Waals surface area contributed by atoms with Gasteiger partial charge in [0.15, 0.2) is 14.0 Å². The fourth-order valence-corrected chi connectivity index (χ4v) is 9.36. The molecule has 1 amide bonds. The summed E-state index contributed by atoms with van der Waals surface area (Å²) in [5, 5.41) is 0.954. The van der Waals surface area contributed by atoms with Crippen LogP contribution in [0.3, 0.4) is 0 Å². The zero-order chi connectivity index (χ0) is 31.9. The Morgan fingerprint density at radius 1 is 0.909 bits per heavy atom. The van der Waals surface area contributed by atoms with E-state index in [2.05, 4.69) is 33.9 Å². The Morgan fingerprint density at radius 2 is 1.41 bits per heavy atom. The summed E-state index contributed by atoms with van der Waals surface area (Å²) in [5.74, 6) is -1.60. The first-order chi connectivity index (χ1) is 20.8. The molecule has 232 valence electrons. The van der Waals surface area contributed by atoms with Gasteiger partial charge < -0.3 is 13.7 Å². The van der Waals surface area contributed by atoms with Crippen LogP contribution in [0, 0.1) is 11.8 Å². The molecular formula is C35H42NO6PSi. The molecule has 1 fully saturated rings. The summed E-state index contributed by atoms with van der Waals surface area (Å²) in [5.41, 5.74) is 0.834. The van der Waals surface area contributed by atoms with E-state index in [-0.39, 0.29) is 35.1 Å². The van der Waals surface area contributed by atoms with Crippen LogP contribution < -0.4 is 10.6 Å². The Balaban J connectivity index is 1.54. The molecule has 0 bridgehead atoms. The Morgan fingerprint density at radius 3 is 1.91 bits per heavy atom. The molecular weight excluding hydrogens is 589 g/mol. The number of esters is 1. The summed E-state index contributed by atoms with van der Waals surface area (Å²) in [6, 6.07) is 26.9. The molecule has 2 aliphatic heterocycles. The second-order valence-electron chi connectivity index (χ2n) is 13.2. The third-order valence-corrected chi connectivity index (χ3v) is 16.2. The van der Waals surface area contributed by atoms with Crippen molar-refractivity contribution in [3.05, 3.63) is 108 Å². The highest BCUT2D eigenvalue weighted by atomic mass is 31.2. The van der Waals surface area contributed by atoms with Gasteiger partial charge in [-0.05, 0) is 54.9 Å². The van der Waals surface area contributed by atoms with Gasteiger partial charge in [-0.25, -0.2) is 4.79 Å². The molecule has 0 spiro atoms. The zero-order valence-electron chi connectivity index (χ0n) is 26.5. The van der Waals surface area contributed by atoms with Crippen LogP contribution in [0.25, 0.3) is 0 Å². The quantitative estimate of drug-likeness (QED) is 0.106. The maximum absolute atomic E-state index is 15.0. The fraction of sp³-hybridized carbons (Fsp3) is 0.371. The first kappa shape index (κ1) is 32.0. The predicted molar refractivity (Wildman–Crippen MR) is 175 cm³/mol. The summed E-state index contributed by atoms with van der Waals surface area (Å²) in [6.45, 7) is 14.7. The zero-order valence-corrected chi connectivity index (χ0v) is 28.4. The van der Waals surface area contributed by atoms with E-state index in [1.165, 1.54) is 4.90 Å². The van der Waals surface area contributed by atoms with Crippen LogP contribution in [0.2, 0.25) is 18.1 Å². The lowest BCUT2D eigenvalue weighted by Crippen LogP contribution is -2.65. The number of hydrogen-bond donors (Lipinski definition) is 0. The van der Waals surface area contributed by atoms with Gasteiger partial charge in [-0.2, -0.15) is 0 Å². The van der Waals surface area contributed by atoms with E-state index in [0.29, 0.717) is 10.6 Å². The van der Waals surface area contributed by atoms with Gasteiger partial charge in [0.25, 0.3) is 0 Å². The van der Waals surface area contributed by atoms with Crippen LogP contribution in [0.15, 0.2) is 102 Å². The van der Waals surface area contributed by atoms with Gasteiger partial charge in [0.05, 0.1) is 28.7 Å². The predicted octanol–water partition coefficient (Wildman–Crippen LogP) is 6.77. The summed E-state index contributed by atoms with van der Waals surface area (Å²) in [7, 11) is -5.93. The van der Waals surface area contributed by atoms with E-state index < -0.39 is 39.5 Å². The SMILES string of the molecule is CC(O[Si](C)(C)C(C)(C)C)C1C(=O)N2C(C(=O)OCc3ccccc3)=C(OP(=O)(c3ccccc3)c3ccccc3)C(C)C12. The van der Waals surface area contributed by atoms with Crippen LogP contribution in [-0.4, -0.2) is 37.2 Å². The monoisotopic (exact) mass is 631 g/mol. The van der Waals surface area contributed by atoms with Crippen LogP contribution in [0.4, 0.5) is 0 Å². The van der Waals surface area contributed by atoms with Crippen molar-refractivity contribution in [2.75, 3.05) is 0 Å². The summed E-state index contributed by atoms with van der Waals surface area (Å²) in [6.07, 6.45) is -0.372. The van der Waals surface area contributed by atoms with Crippen molar-refractivity contribution in [3.8, 4) is 0 Å². The second kappa shape index (κ2) is 12.1. The molecule has 7 nitrogen and oxygen atoms in total. The lowest BCUT2D eigenvalue weighted by molar-refractivity contribution is -0.163. The van der Waals surface area contributed by atoms with Crippen molar-refractivity contribution in [2.24, 2.45) is 11.8 Å². The fourth-order valence-electron chi connectivity index (χ4n) is 5.77. The van der Waals surface area contributed by atoms with E-state index in [1.54, 1.807) is 24.3 Å². The summed E-state index contributed by atoms with van der Waals surface area (Å²) in [4.78, 5) is 29.2. The minimum absolute atomic E-state index is 0.0197. The first-order valence-electron chi connectivity index (χ1n) is 15.1. The Hall–Kier alpha value is -3.45. The number of carbonyl (C=O) groups excluding carboxylic acids is 2. The van der Waals surface area contributed by atoms with Gasteiger partial charge in [0.1, 0.15) is 12.4 Å². The molecule has 0 aliphatic carbocycles. The van der Waals surface area contributed by atoms with Crippen molar-refractivity contribution < 1.29 is 27.8 Å². The first-order valence-corrected chi connectivity index (χ1v) is 19.7. The number of β-lactam (4-membered cyclic amide) rings is 1. The number of carbonyl (C=O) groups is 2. The molecule has 2 aliphatic rings. The van der Waals surface area contributed by atoms with E-state index in [1.807, 2.05) is 80.6 Å². The molecule has 3 aromatic carbocycles. The van der Waals surface area contributed by atoms with Gasteiger partial charge in [0.2, 0.25) is 5.91 Å². The van der Waals surface area contributed by atoms with Gasteiger partial charge >= 0.3 is 13.3 Å². The molecule has 1 saturated heterocycles. The van der Waals surface area contributed by atoms with E-state index in [4.69, 9.17) is 13.7 Å². The molecule has 4 atom stereocenters. The number of amides is 1. The highest BCUT2D eigenvalue weighted by Gasteiger charge is 2.62. The summed E-state index contributed by atoms with van der Waals surface area (Å²) < 4.78 is 34.0. The molecule has 0 aromatic heterocycles. The van der Waals surface area contributed by atoms with Crippen molar-refractivity contribution in [1.29, 1.82) is 0 Å². The van der Waals surface area contributed by atoms with Gasteiger partial charge in [0, 0.05) is 5.92 Å². The number of hydrogen-bond acceptors (Lipinski definition) is 6. The van der Waals surface area contributed by atoms with Crippen molar-refractivity contribution in [2.45, 2.75) is 71.5 Å². The lowest BCUT2D eigenvalue weighted by Gasteiger charge is -2.49. The normalized spacial score (nSPS) is 21.0. The van der Waals surface area contributed by atoms with Crippen molar-refractivity contribution in [3.63, 3.8) is 0 Å². The van der Waals surface area contributed by atoms with Crippen LogP contribution in [0.1, 0.15) is 40.2 Å². The number of rotatable bonds is 10. The van der Waals surface area contributed by atoms with Gasteiger partial charge in [-0.15, -0.1) is 0 Å². The minimum Gasteiger partial charge on any atom is -0.456 e. The average molecular weight is 632 g/mol. The third-order valence-electron chi connectivity index (χ3n) is 9.21.